The van der Waals surface area contributed by atoms with Gasteiger partial charge in [-0.05, 0) is 12.1 Å². The zero-order valence-electron chi connectivity index (χ0n) is 20.2. The van der Waals surface area contributed by atoms with Crippen LogP contribution in [0, 0.1) is 0 Å². The van der Waals surface area contributed by atoms with E-state index in [9.17, 15) is 4.79 Å². The molecule has 0 bridgehead atoms. The van der Waals surface area contributed by atoms with E-state index in [0.717, 1.165) is 52.7 Å². The molecule has 2 aromatic carbocycles. The van der Waals surface area contributed by atoms with Crippen LogP contribution in [0.25, 0.3) is 22.3 Å². The summed E-state index contributed by atoms with van der Waals surface area (Å²) < 4.78 is 7.92. The van der Waals surface area contributed by atoms with Gasteiger partial charge in [0.25, 0.3) is 0 Å². The van der Waals surface area contributed by atoms with Gasteiger partial charge < -0.3 is 4.74 Å². The fraction of sp³-hybridized carbons (Fsp3) is 0.308. The molecule has 4 heterocycles. The predicted octanol–water partition coefficient (Wildman–Crippen LogP) is 5.00. The molecule has 2 aliphatic rings. The number of piperidine rings is 1. The molecule has 1 amide bonds. The summed E-state index contributed by atoms with van der Waals surface area (Å²) in [7, 11) is 4.08. The first-order valence-electron chi connectivity index (χ1n) is 12.3. The zero-order valence-corrected chi connectivity index (χ0v) is 23.7. The molecule has 11 heteroatoms. The Kier molecular flexibility index (Phi) is 7.31. The maximum atomic E-state index is 13.1. The normalized spacial score (nSPS) is 18.4. The number of nitrogen functional groups attached to an aromatic ring is 1. The summed E-state index contributed by atoms with van der Waals surface area (Å²) in [4.78, 5) is 23.9. The summed E-state index contributed by atoms with van der Waals surface area (Å²) in [5.41, 5.74) is 8.71. The van der Waals surface area contributed by atoms with Crippen LogP contribution in [0.4, 0.5) is 5.82 Å². The minimum absolute atomic E-state index is 0.0512. The van der Waals surface area contributed by atoms with Gasteiger partial charge in [0, 0.05) is 0 Å². The van der Waals surface area contributed by atoms with Crippen molar-refractivity contribution in [3.8, 4) is 22.8 Å². The standard InChI is InChI=1S/C26H27AsN6O2S2/c28-25-23-24(18-8-10-21(11-9-18)35-20-6-2-1-3-7-20)31-33(26(23)30-17-29-25)19-5-4-12-32(16-19)22(34)15-27-36-13-14-37-27/h1-3,6-11,17,19H,4-5,12-16H2,(H2,28,29,30)/t19-/m1/s1. The zero-order chi connectivity index (χ0) is 25.2. The van der Waals surface area contributed by atoms with Crippen molar-refractivity contribution in [1.29, 1.82) is 0 Å². The molecule has 190 valence electrons. The Labute approximate surface area is 226 Å². The molecule has 8 nitrogen and oxygen atoms in total. The fourth-order valence-electron chi connectivity index (χ4n) is 4.76. The monoisotopic (exact) mass is 594 g/mol. The van der Waals surface area contributed by atoms with E-state index in [4.69, 9.17) is 15.6 Å². The molecule has 0 unspecified atom stereocenters. The minimum atomic E-state index is -1.11. The molecule has 6 rings (SSSR count). The second kappa shape index (κ2) is 11.0. The molecule has 0 saturated carbocycles. The summed E-state index contributed by atoms with van der Waals surface area (Å²) in [6.45, 7) is 1.47. The fourth-order valence-corrected chi connectivity index (χ4v) is 18.5. The molecule has 2 fully saturated rings. The molecule has 2 N–H and O–H groups in total. The quantitative estimate of drug-likeness (QED) is 0.312. The van der Waals surface area contributed by atoms with Crippen molar-refractivity contribution < 1.29 is 9.53 Å². The second-order valence-electron chi connectivity index (χ2n) is 8.98. The Bertz CT molecular complexity index is 1400. The first kappa shape index (κ1) is 24.6. The number of nitrogens with zero attached hydrogens (tertiary/aromatic N) is 5. The molecular weight excluding hydrogens is 567 g/mol. The van der Waals surface area contributed by atoms with Gasteiger partial charge in [-0.15, -0.1) is 0 Å². The number of rotatable bonds is 6. The molecular formula is C26H27AsN6O2S2. The van der Waals surface area contributed by atoms with E-state index in [1.807, 2.05) is 84.2 Å². The van der Waals surface area contributed by atoms with Gasteiger partial charge in [0.05, 0.1) is 0 Å². The van der Waals surface area contributed by atoms with Gasteiger partial charge >= 0.3 is 187 Å². The number of amides is 1. The van der Waals surface area contributed by atoms with E-state index in [2.05, 4.69) is 9.97 Å². The third-order valence-corrected chi connectivity index (χ3v) is 19.8. The van der Waals surface area contributed by atoms with Gasteiger partial charge in [0.15, 0.2) is 0 Å². The Morgan fingerprint density at radius 2 is 1.81 bits per heavy atom. The van der Waals surface area contributed by atoms with Gasteiger partial charge in [0.1, 0.15) is 5.75 Å². The SMILES string of the molecule is Nc1ncnc2c1c(-c1ccc(Oc3ccccc3)cc1)nn2[C@@H]1CCCN(C(=O)C[As]2SCCS2)C1. The van der Waals surface area contributed by atoms with Gasteiger partial charge in [-0.25, -0.2) is 0 Å². The van der Waals surface area contributed by atoms with Crippen molar-refractivity contribution in [1.82, 2.24) is 24.6 Å². The Morgan fingerprint density at radius 3 is 2.59 bits per heavy atom. The van der Waals surface area contributed by atoms with Crippen LogP contribution >= 0.6 is 20.0 Å². The molecule has 2 aromatic heterocycles. The van der Waals surface area contributed by atoms with Crippen molar-refractivity contribution in [3.63, 3.8) is 0 Å². The number of benzene rings is 2. The van der Waals surface area contributed by atoms with Crippen LogP contribution < -0.4 is 10.5 Å². The second-order valence-corrected chi connectivity index (χ2v) is 21.4. The first-order valence-corrected chi connectivity index (χ1v) is 20.1. The molecule has 37 heavy (non-hydrogen) atoms. The number of fused-ring (bicyclic) bond motifs is 1. The van der Waals surface area contributed by atoms with Crippen molar-refractivity contribution in [2.24, 2.45) is 0 Å². The number of anilines is 1. The first-order chi connectivity index (χ1) is 18.2. The van der Waals surface area contributed by atoms with Gasteiger partial charge in [-0.3, -0.25) is 0 Å². The Balaban J connectivity index is 1.27. The van der Waals surface area contributed by atoms with Crippen molar-refractivity contribution in [2.45, 2.75) is 24.1 Å². The average Bonchev–Trinajstić information content (AvgIpc) is 3.59. The number of nitrogens with two attached hydrogens (primary N) is 1. The number of carbonyl (C=O) groups is 1. The van der Waals surface area contributed by atoms with Crippen molar-refractivity contribution >= 4 is 55.1 Å². The van der Waals surface area contributed by atoms with E-state index in [-0.39, 0.29) is 6.04 Å². The van der Waals surface area contributed by atoms with Crippen molar-refractivity contribution in [2.75, 3.05) is 30.3 Å². The van der Waals surface area contributed by atoms with Gasteiger partial charge in [-0.2, -0.15) is 0 Å². The molecule has 2 aliphatic heterocycles. The van der Waals surface area contributed by atoms with Crippen LogP contribution in [0.2, 0.25) is 5.21 Å². The van der Waals surface area contributed by atoms with Crippen LogP contribution in [-0.4, -0.2) is 67.5 Å². The van der Waals surface area contributed by atoms with Crippen LogP contribution in [-0.2, 0) is 4.79 Å². The summed E-state index contributed by atoms with van der Waals surface area (Å²) in [5.74, 6) is 4.62. The molecule has 2 saturated heterocycles. The number of hydrogen-bond donors (Lipinski definition) is 1. The number of para-hydroxylation sites is 1. The molecule has 0 aliphatic carbocycles. The summed E-state index contributed by atoms with van der Waals surface area (Å²) in [6.07, 6.45) is 3.38. The third-order valence-electron chi connectivity index (χ3n) is 6.54. The summed E-state index contributed by atoms with van der Waals surface area (Å²) in [5, 5.41) is 6.50. The van der Waals surface area contributed by atoms with E-state index >= 15 is 0 Å². The topological polar surface area (TPSA) is 99.2 Å². The molecule has 4 aromatic rings. The van der Waals surface area contributed by atoms with Crippen LogP contribution in [0.15, 0.2) is 60.9 Å². The number of hydrogen-bond acceptors (Lipinski definition) is 8. The van der Waals surface area contributed by atoms with E-state index in [1.165, 1.54) is 17.8 Å². The number of carbonyl (C=O) groups excluding carboxylic acids is 1. The van der Waals surface area contributed by atoms with Crippen LogP contribution in [0.1, 0.15) is 18.9 Å². The third kappa shape index (κ3) is 5.33. The Morgan fingerprint density at radius 1 is 1.05 bits per heavy atom. The summed E-state index contributed by atoms with van der Waals surface area (Å²) >= 11 is -1.11. The van der Waals surface area contributed by atoms with E-state index in [1.54, 1.807) is 0 Å². The van der Waals surface area contributed by atoms with E-state index < -0.39 is 12.3 Å². The summed E-state index contributed by atoms with van der Waals surface area (Å²) in [6, 6.07) is 17.6. The van der Waals surface area contributed by atoms with Gasteiger partial charge in [-0.1, -0.05) is 18.2 Å². The Hall–Kier alpha value is -2.68. The molecule has 0 spiro atoms. The molecule has 1 atom stereocenters. The average molecular weight is 595 g/mol. The van der Waals surface area contributed by atoms with E-state index in [0.29, 0.717) is 23.9 Å². The van der Waals surface area contributed by atoms with Crippen LogP contribution in [0.3, 0.4) is 0 Å². The number of likely N-dealkylation sites (tertiary alicyclic amines) is 1. The predicted molar refractivity (Wildman–Crippen MR) is 152 cm³/mol. The van der Waals surface area contributed by atoms with Crippen molar-refractivity contribution in [3.05, 3.63) is 60.9 Å². The van der Waals surface area contributed by atoms with Crippen LogP contribution in [0.5, 0.6) is 11.5 Å². The number of ether oxygens (including phenoxy) is 1. The van der Waals surface area contributed by atoms with Gasteiger partial charge in [0.2, 0.25) is 0 Å². The maximum absolute atomic E-state index is 13.1. The number of aromatic nitrogens is 4. The molecule has 0 radical (unpaired) electrons.